The van der Waals surface area contributed by atoms with Crippen molar-refractivity contribution in [3.05, 3.63) is 73.4 Å². The lowest BCUT2D eigenvalue weighted by Crippen LogP contribution is -2.64. The summed E-state index contributed by atoms with van der Waals surface area (Å²) >= 11 is 3.34. The highest BCUT2D eigenvalue weighted by atomic mass is 79.9. The van der Waals surface area contributed by atoms with Gasteiger partial charge in [-0.15, -0.1) is 0 Å². The van der Waals surface area contributed by atoms with E-state index < -0.39 is 21.0 Å². The Balaban J connectivity index is 2.29. The molecule has 9 nitrogen and oxygen atoms in total. The zero-order chi connectivity index (χ0) is 20.7. The van der Waals surface area contributed by atoms with Crippen LogP contribution in [0.5, 0.6) is 5.75 Å². The summed E-state index contributed by atoms with van der Waals surface area (Å²) in [5.74, 6) is -1.58. The van der Waals surface area contributed by atoms with Crippen molar-refractivity contribution in [2.24, 2.45) is 0 Å². The van der Waals surface area contributed by atoms with E-state index >= 15 is 0 Å². The number of hydrogen-bond acceptors (Lipinski definition) is 8. The molecule has 0 saturated carbocycles. The van der Waals surface area contributed by atoms with Crippen LogP contribution >= 0.6 is 15.9 Å². The molecule has 0 N–H and O–H groups in total. The summed E-state index contributed by atoms with van der Waals surface area (Å²) in [7, 11) is -3.52. The van der Waals surface area contributed by atoms with Crippen molar-refractivity contribution < 1.29 is 42.9 Å². The number of methoxy groups -OCH3 is 1. The van der Waals surface area contributed by atoms with Crippen LogP contribution in [0, 0.1) is 20.4 Å². The Labute approximate surface area is 169 Å². The molecule has 1 aliphatic rings. The molecule has 0 saturated heterocycles. The van der Waals surface area contributed by atoms with E-state index in [2.05, 4.69) is 15.9 Å². The van der Waals surface area contributed by atoms with Crippen LogP contribution in [0.25, 0.3) is 6.08 Å². The molecular formula is C17H13BrClNO8. The Morgan fingerprint density at radius 2 is 1.82 bits per heavy atom. The monoisotopic (exact) mass is 473 g/mol. The van der Waals surface area contributed by atoms with Crippen molar-refractivity contribution in [3.8, 4) is 5.75 Å². The largest absolute Gasteiger partial charge is 0.496 e. The number of hydrogen-bond donors (Lipinski definition) is 0. The normalized spacial score (nSPS) is 18.7. The lowest BCUT2D eigenvalue weighted by Gasteiger charge is -2.34. The fourth-order valence-electron chi connectivity index (χ4n) is 2.91. The van der Waals surface area contributed by atoms with E-state index in [0.717, 1.165) is 12.1 Å². The molecular weight excluding hydrogens is 462 g/mol. The molecule has 0 fully saturated rings. The topological polar surface area (TPSA) is 140 Å². The number of allylic oxidation sites excluding steroid dienone is 1. The van der Waals surface area contributed by atoms with Crippen molar-refractivity contribution >= 4 is 27.7 Å². The second-order valence-corrected chi connectivity index (χ2v) is 7.57. The first-order valence-corrected chi connectivity index (χ1v) is 9.70. The van der Waals surface area contributed by atoms with Crippen LogP contribution < -0.4 is 18.7 Å². The number of benzene rings is 2. The second kappa shape index (κ2) is 7.32. The quantitative estimate of drug-likeness (QED) is 0.459. The van der Waals surface area contributed by atoms with Gasteiger partial charge >= 0.3 is 5.79 Å². The van der Waals surface area contributed by atoms with Gasteiger partial charge in [0.2, 0.25) is 0 Å². The minimum Gasteiger partial charge on any atom is -0.496 e. The number of ether oxygens (including phenoxy) is 2. The molecule has 2 aromatic rings. The molecule has 1 aliphatic heterocycles. The highest BCUT2D eigenvalue weighted by molar-refractivity contribution is 9.10. The Hall–Kier alpha value is -2.21. The van der Waals surface area contributed by atoms with Crippen LogP contribution in [-0.2, 0) is 14.8 Å². The van der Waals surface area contributed by atoms with Gasteiger partial charge in [-0.25, -0.2) is 0 Å². The molecule has 0 aliphatic carbocycles. The van der Waals surface area contributed by atoms with Gasteiger partial charge in [-0.2, -0.15) is 14.0 Å². The summed E-state index contributed by atoms with van der Waals surface area (Å²) in [6.07, 6.45) is 1.63. The van der Waals surface area contributed by atoms with Crippen LogP contribution in [-0.4, -0.2) is 12.0 Å². The highest BCUT2D eigenvalue weighted by Crippen LogP contribution is 2.46. The third-order valence-corrected chi connectivity index (χ3v) is 5.03. The Morgan fingerprint density at radius 1 is 1.18 bits per heavy atom. The van der Waals surface area contributed by atoms with Crippen molar-refractivity contribution in [1.29, 1.82) is 0 Å². The summed E-state index contributed by atoms with van der Waals surface area (Å²) in [6.45, 7) is 1.55. The van der Waals surface area contributed by atoms with Crippen molar-refractivity contribution in [2.75, 3.05) is 7.11 Å². The molecule has 28 heavy (non-hydrogen) atoms. The number of rotatable bonds is 5. The van der Waals surface area contributed by atoms with E-state index in [9.17, 15) is 24.1 Å². The zero-order valence-corrected chi connectivity index (χ0v) is 16.9. The lowest BCUT2D eigenvalue weighted by atomic mass is 9.90. The predicted molar refractivity (Wildman–Crippen MR) is 90.4 cm³/mol. The summed E-state index contributed by atoms with van der Waals surface area (Å²) in [6, 6.07) is 7.94. The molecule has 0 radical (unpaired) electrons. The van der Waals surface area contributed by atoms with Gasteiger partial charge in [-0.1, -0.05) is 0 Å². The maximum atomic E-state index is 11.5. The number of non-ortho nitro benzene ring substituents is 1. The molecule has 1 heterocycles. The van der Waals surface area contributed by atoms with E-state index in [-0.39, 0.29) is 22.6 Å². The number of halogens is 2. The molecule has 1 unspecified atom stereocenters. The van der Waals surface area contributed by atoms with Crippen LogP contribution in [0.1, 0.15) is 23.6 Å². The van der Waals surface area contributed by atoms with Gasteiger partial charge in [-0.3, -0.25) is 10.1 Å². The van der Waals surface area contributed by atoms with E-state index in [0.29, 0.717) is 15.8 Å². The zero-order valence-electron chi connectivity index (χ0n) is 14.5. The van der Waals surface area contributed by atoms with Gasteiger partial charge in [0.05, 0.1) is 38.1 Å². The van der Waals surface area contributed by atoms with Crippen molar-refractivity contribution in [1.82, 2.24) is 0 Å². The van der Waals surface area contributed by atoms with Gasteiger partial charge in [-0.05, 0) is 58.8 Å². The van der Waals surface area contributed by atoms with E-state index in [1.54, 1.807) is 19.1 Å². The Kier molecular flexibility index (Phi) is 5.36. The lowest BCUT2D eigenvalue weighted by molar-refractivity contribution is -1.92. The third-order valence-electron chi connectivity index (χ3n) is 4.00. The summed E-state index contributed by atoms with van der Waals surface area (Å²) in [4.78, 5) is 10.3. The standard InChI is InChI=1S/C17H13BrClNO8/c1-10-7-11-8-15(18)16(26-2)9-14(11)17(27-10,28-19(21,22)23)12-3-5-13(6-4-12)20(24)25/h3-9H,1-2H3. The van der Waals surface area contributed by atoms with E-state index in [4.69, 9.17) is 13.8 Å². The smallest absolute Gasteiger partial charge is 0.415 e. The minimum absolute atomic E-state index is 0.0723. The second-order valence-electron chi connectivity index (χ2n) is 5.81. The Morgan fingerprint density at radius 3 is 2.36 bits per heavy atom. The first kappa shape index (κ1) is 20.5. The average molecular weight is 475 g/mol. The van der Waals surface area contributed by atoms with Crippen LogP contribution in [0.3, 0.4) is 0 Å². The summed E-state index contributed by atoms with van der Waals surface area (Å²) in [5.41, 5.74) is 0.536. The molecule has 0 bridgehead atoms. The molecule has 0 aromatic heterocycles. The van der Waals surface area contributed by atoms with Gasteiger partial charge in [0.25, 0.3) is 5.69 Å². The molecule has 3 rings (SSSR count). The number of nitro benzene ring substituents is 1. The van der Waals surface area contributed by atoms with Gasteiger partial charge in [0.15, 0.2) is 0 Å². The van der Waals surface area contributed by atoms with Crippen molar-refractivity contribution in [2.45, 2.75) is 12.7 Å². The number of fused-ring (bicyclic) bond motifs is 1. The fourth-order valence-corrected chi connectivity index (χ4v) is 3.90. The SMILES string of the molecule is COc1cc2c(cc1Br)C=C(C)OC2(O[Cl+3]([O-])([O-])[O-])c1ccc([N+](=O)[O-])cc1. The summed E-state index contributed by atoms with van der Waals surface area (Å²) in [5, 5.41) is 10.9. The first-order chi connectivity index (χ1) is 13.1. The third kappa shape index (κ3) is 3.83. The van der Waals surface area contributed by atoms with Crippen LogP contribution in [0.2, 0.25) is 0 Å². The average Bonchev–Trinajstić information content (AvgIpc) is 2.59. The highest BCUT2D eigenvalue weighted by Gasteiger charge is 2.55. The first-order valence-electron chi connectivity index (χ1n) is 7.67. The fraction of sp³-hybridized carbons (Fsp3) is 0.176. The number of nitro groups is 1. The van der Waals surface area contributed by atoms with Crippen LogP contribution in [0.15, 0.2) is 46.6 Å². The maximum absolute atomic E-state index is 11.5. The van der Waals surface area contributed by atoms with Crippen molar-refractivity contribution in [3.63, 3.8) is 0 Å². The predicted octanol–water partition coefficient (Wildman–Crippen LogP) is 0.872. The number of nitrogens with zero attached hydrogens (tertiary/aromatic N) is 1. The van der Waals surface area contributed by atoms with Gasteiger partial charge in [0.1, 0.15) is 10.0 Å². The van der Waals surface area contributed by atoms with E-state index in [1.807, 2.05) is 0 Å². The molecule has 148 valence electrons. The minimum atomic E-state index is -4.93. The molecule has 11 heteroatoms. The summed E-state index contributed by atoms with van der Waals surface area (Å²) < 4.78 is 51.0. The van der Waals surface area contributed by atoms with Gasteiger partial charge < -0.3 is 9.47 Å². The van der Waals surface area contributed by atoms with E-state index in [1.165, 1.54) is 25.3 Å². The maximum Gasteiger partial charge on any atom is 0.415 e. The molecule has 2 aromatic carbocycles. The van der Waals surface area contributed by atoms with Crippen LogP contribution in [0.4, 0.5) is 5.69 Å². The molecule has 1 atom stereocenters. The molecule has 0 spiro atoms. The van der Waals surface area contributed by atoms with Gasteiger partial charge in [0, 0.05) is 17.7 Å². The Bertz CT molecular complexity index is 957. The molecule has 0 amide bonds.